The fraction of sp³-hybridized carbons (Fsp3) is 0.800. The van der Waals surface area contributed by atoms with Gasteiger partial charge in [-0.25, -0.2) is 0 Å². The summed E-state index contributed by atoms with van der Waals surface area (Å²) >= 11 is 0. The lowest BCUT2D eigenvalue weighted by Gasteiger charge is -2.36. The molecule has 4 atom stereocenters. The van der Waals surface area contributed by atoms with E-state index in [4.69, 9.17) is 4.55 Å². The summed E-state index contributed by atoms with van der Waals surface area (Å²) in [4.78, 5) is 12.2. The quantitative estimate of drug-likeness (QED) is 0.450. The van der Waals surface area contributed by atoms with Crippen LogP contribution in [0.1, 0.15) is 39.0 Å². The molecule has 132 valence electrons. The molecule has 2 aliphatic carbocycles. The zero-order valence-corrected chi connectivity index (χ0v) is 14.1. The Labute approximate surface area is 135 Å². The summed E-state index contributed by atoms with van der Waals surface area (Å²) in [5.74, 6) is -0.714. The second kappa shape index (κ2) is 6.86. The molecule has 8 heteroatoms. The molecule has 6 nitrogen and oxygen atoms in total. The van der Waals surface area contributed by atoms with Gasteiger partial charge in [0.15, 0.2) is 0 Å². The van der Waals surface area contributed by atoms with Crippen LogP contribution < -0.4 is 0 Å². The number of carbonyl (C=O) groups excluding carboxylic acids is 1. The SMILES string of the molecule is COCCC(F)(OC(=O)C1CC2=CC(C)CC(C2)C1)S(=O)(=O)O. The largest absolute Gasteiger partial charge is 0.412 e. The highest BCUT2D eigenvalue weighted by Gasteiger charge is 2.49. The zero-order valence-electron chi connectivity index (χ0n) is 13.3. The van der Waals surface area contributed by atoms with Crippen molar-refractivity contribution in [3.63, 3.8) is 0 Å². The number of fused-ring (bicyclic) bond motifs is 2. The van der Waals surface area contributed by atoms with Crippen LogP contribution in [-0.4, -0.2) is 37.8 Å². The molecule has 0 radical (unpaired) electrons. The molecular weight excluding hydrogens is 327 g/mol. The summed E-state index contributed by atoms with van der Waals surface area (Å²) in [7, 11) is -3.95. The van der Waals surface area contributed by atoms with E-state index in [0.717, 1.165) is 18.4 Å². The summed E-state index contributed by atoms with van der Waals surface area (Å²) in [6.07, 6.45) is 4.22. The molecule has 0 heterocycles. The number of allylic oxidation sites excluding steroid dienone is 2. The predicted octanol–water partition coefficient (Wildman–Crippen LogP) is 2.46. The maximum Gasteiger partial charge on any atom is 0.379 e. The molecule has 1 fully saturated rings. The molecule has 0 aromatic carbocycles. The minimum Gasteiger partial charge on any atom is -0.412 e. The number of rotatable bonds is 6. The molecule has 23 heavy (non-hydrogen) atoms. The Balaban J connectivity index is 2.09. The first-order chi connectivity index (χ1) is 10.6. The first kappa shape index (κ1) is 18.4. The molecule has 2 rings (SSSR count). The number of esters is 1. The normalized spacial score (nSPS) is 30.3. The second-order valence-corrected chi connectivity index (χ2v) is 8.10. The van der Waals surface area contributed by atoms with Crippen molar-refractivity contribution in [3.05, 3.63) is 11.6 Å². The van der Waals surface area contributed by atoms with Crippen molar-refractivity contribution in [1.29, 1.82) is 0 Å². The molecule has 0 amide bonds. The number of halogens is 1. The van der Waals surface area contributed by atoms with E-state index in [1.165, 1.54) is 7.11 Å². The summed E-state index contributed by atoms with van der Waals surface area (Å²) in [5, 5.41) is -3.46. The van der Waals surface area contributed by atoms with Gasteiger partial charge in [-0.2, -0.15) is 12.8 Å². The van der Waals surface area contributed by atoms with Crippen molar-refractivity contribution in [2.24, 2.45) is 17.8 Å². The third-order valence-electron chi connectivity index (χ3n) is 4.48. The van der Waals surface area contributed by atoms with Gasteiger partial charge in [0.1, 0.15) is 0 Å². The van der Waals surface area contributed by atoms with Gasteiger partial charge in [-0.15, -0.1) is 0 Å². The van der Waals surface area contributed by atoms with Gasteiger partial charge < -0.3 is 9.47 Å². The van der Waals surface area contributed by atoms with Crippen LogP contribution in [0.4, 0.5) is 4.39 Å². The van der Waals surface area contributed by atoms with Crippen LogP contribution in [0.15, 0.2) is 11.6 Å². The van der Waals surface area contributed by atoms with Gasteiger partial charge in [0, 0.05) is 7.11 Å². The Bertz CT molecular complexity index is 587. The van der Waals surface area contributed by atoms with Gasteiger partial charge in [-0.05, 0) is 37.5 Å². The molecule has 0 aromatic rings. The van der Waals surface area contributed by atoms with Crippen molar-refractivity contribution >= 4 is 16.1 Å². The number of hydrogen-bond donors (Lipinski definition) is 1. The Kier molecular flexibility index (Phi) is 5.48. The van der Waals surface area contributed by atoms with Crippen LogP contribution in [0, 0.1) is 17.8 Å². The molecule has 4 unspecified atom stereocenters. The van der Waals surface area contributed by atoms with Gasteiger partial charge in [0.25, 0.3) is 0 Å². The third kappa shape index (κ3) is 4.30. The molecule has 1 saturated carbocycles. The summed E-state index contributed by atoms with van der Waals surface area (Å²) < 4.78 is 55.2. The minimum absolute atomic E-state index is 0.306. The van der Waals surface area contributed by atoms with Crippen molar-refractivity contribution in [3.8, 4) is 0 Å². The lowest BCUT2D eigenvalue weighted by molar-refractivity contribution is -0.174. The maximum atomic E-state index is 14.5. The molecular formula is C15H23FO6S. The first-order valence-electron chi connectivity index (χ1n) is 7.72. The average molecular weight is 350 g/mol. The Hall–Kier alpha value is -0.990. The summed E-state index contributed by atoms with van der Waals surface area (Å²) in [6.45, 7) is 1.81. The number of carbonyl (C=O) groups is 1. The number of ether oxygens (including phenoxy) is 2. The lowest BCUT2D eigenvalue weighted by atomic mass is 9.71. The Morgan fingerprint density at radius 3 is 2.70 bits per heavy atom. The van der Waals surface area contributed by atoms with Crippen LogP contribution >= 0.6 is 0 Å². The third-order valence-corrected chi connectivity index (χ3v) is 5.54. The molecule has 0 aliphatic heterocycles. The molecule has 2 bridgehead atoms. The van der Waals surface area contributed by atoms with Gasteiger partial charge >= 0.3 is 21.3 Å². The fourth-order valence-electron chi connectivity index (χ4n) is 3.52. The van der Waals surface area contributed by atoms with E-state index in [-0.39, 0.29) is 6.61 Å². The number of hydrogen-bond acceptors (Lipinski definition) is 5. The smallest absolute Gasteiger partial charge is 0.379 e. The van der Waals surface area contributed by atoms with E-state index in [1.807, 2.05) is 0 Å². The number of methoxy groups -OCH3 is 1. The van der Waals surface area contributed by atoms with Crippen molar-refractivity contribution in [2.75, 3.05) is 13.7 Å². The first-order valence-corrected chi connectivity index (χ1v) is 9.16. The van der Waals surface area contributed by atoms with Gasteiger partial charge in [0.2, 0.25) is 0 Å². The van der Waals surface area contributed by atoms with Crippen LogP contribution in [0.25, 0.3) is 0 Å². The zero-order chi connectivity index (χ0) is 17.3. The maximum absolute atomic E-state index is 14.5. The monoisotopic (exact) mass is 350 g/mol. The van der Waals surface area contributed by atoms with E-state index < -0.39 is 33.6 Å². The van der Waals surface area contributed by atoms with Gasteiger partial charge in [-0.1, -0.05) is 18.6 Å². The molecule has 1 N–H and O–H groups in total. The fourth-order valence-corrected chi connectivity index (χ4v) is 4.05. The highest BCUT2D eigenvalue weighted by atomic mass is 32.2. The van der Waals surface area contributed by atoms with Crippen molar-refractivity contribution in [1.82, 2.24) is 0 Å². The molecule has 2 aliphatic rings. The summed E-state index contributed by atoms with van der Waals surface area (Å²) in [6, 6.07) is 0. The molecule has 0 aromatic heterocycles. The van der Waals surface area contributed by atoms with Crippen molar-refractivity contribution in [2.45, 2.75) is 44.2 Å². The van der Waals surface area contributed by atoms with E-state index in [0.29, 0.717) is 24.7 Å². The Morgan fingerprint density at radius 2 is 2.13 bits per heavy atom. The number of alkyl halides is 1. The summed E-state index contributed by atoms with van der Waals surface area (Å²) in [5.41, 5.74) is 1.13. The highest BCUT2D eigenvalue weighted by Crippen LogP contribution is 2.42. The van der Waals surface area contributed by atoms with E-state index in [9.17, 15) is 17.6 Å². The molecule has 0 saturated heterocycles. The van der Waals surface area contributed by atoms with Crippen LogP contribution in [0.2, 0.25) is 0 Å². The van der Waals surface area contributed by atoms with Crippen LogP contribution in [-0.2, 0) is 24.4 Å². The van der Waals surface area contributed by atoms with E-state index in [1.54, 1.807) is 0 Å². The predicted molar refractivity (Wildman–Crippen MR) is 80.7 cm³/mol. The second-order valence-electron chi connectivity index (χ2n) is 6.54. The average Bonchev–Trinajstić information content (AvgIpc) is 2.42. The highest BCUT2D eigenvalue weighted by molar-refractivity contribution is 7.86. The van der Waals surface area contributed by atoms with Gasteiger partial charge in [0.05, 0.1) is 18.9 Å². The van der Waals surface area contributed by atoms with E-state index in [2.05, 4.69) is 22.5 Å². The molecule has 0 spiro atoms. The topological polar surface area (TPSA) is 89.9 Å². The lowest BCUT2D eigenvalue weighted by Crippen LogP contribution is -2.42. The van der Waals surface area contributed by atoms with Gasteiger partial charge in [-0.3, -0.25) is 9.35 Å². The standard InChI is InChI=1S/C15H23FO6S/c1-10-5-11-7-12(6-10)9-13(8-11)14(17)22-15(16,3-4-21-2)23(18,19)20/h5,10,12-13H,3-4,6-9H2,1-2H3,(H,18,19,20). The van der Waals surface area contributed by atoms with Crippen LogP contribution in [0.3, 0.4) is 0 Å². The van der Waals surface area contributed by atoms with Crippen LogP contribution in [0.5, 0.6) is 0 Å². The minimum atomic E-state index is -5.20. The Morgan fingerprint density at radius 1 is 1.43 bits per heavy atom. The van der Waals surface area contributed by atoms with E-state index >= 15 is 0 Å². The van der Waals surface area contributed by atoms with Crippen molar-refractivity contribution < 1.29 is 31.6 Å².